The first-order chi connectivity index (χ1) is 16.7. The van der Waals surface area contributed by atoms with E-state index in [1.54, 1.807) is 24.7 Å². The standard InChI is InChI=1S/C23H21FN4O5S2/c1-28-13-22(26-14-28)35(30,31)27-16-6-7-19(33-23-18(24)4-3-5-20(23)32-2)15(10-16)11-17(29)12-21-25-8-9-34-21/h3-10,13-14,27H,11-12H2,1-2H3. The van der Waals surface area contributed by atoms with E-state index in [9.17, 15) is 17.6 Å². The normalized spacial score (nSPS) is 11.3. The number of nitrogens with one attached hydrogen (secondary N) is 1. The number of thiazole rings is 1. The summed E-state index contributed by atoms with van der Waals surface area (Å²) in [6, 6.07) is 8.64. The van der Waals surface area contributed by atoms with Crippen LogP contribution in [0.3, 0.4) is 0 Å². The number of carbonyl (C=O) groups excluding carboxylic acids is 1. The number of imidazole rings is 1. The predicted octanol–water partition coefficient (Wildman–Crippen LogP) is 3.97. The van der Waals surface area contributed by atoms with Crippen molar-refractivity contribution in [2.24, 2.45) is 7.05 Å². The van der Waals surface area contributed by atoms with Crippen molar-refractivity contribution in [1.82, 2.24) is 14.5 Å². The Morgan fingerprint density at radius 1 is 1.17 bits per heavy atom. The molecule has 0 saturated heterocycles. The van der Waals surface area contributed by atoms with E-state index in [1.165, 1.54) is 65.9 Å². The lowest BCUT2D eigenvalue weighted by Crippen LogP contribution is -2.14. The summed E-state index contributed by atoms with van der Waals surface area (Å²) in [6.45, 7) is 0. The topological polar surface area (TPSA) is 112 Å². The minimum Gasteiger partial charge on any atom is -0.493 e. The largest absolute Gasteiger partial charge is 0.493 e. The van der Waals surface area contributed by atoms with Crippen molar-refractivity contribution in [3.05, 3.63) is 76.9 Å². The summed E-state index contributed by atoms with van der Waals surface area (Å²) >= 11 is 1.36. The minimum atomic E-state index is -3.96. The minimum absolute atomic E-state index is 0.0924. The number of anilines is 1. The van der Waals surface area contributed by atoms with Crippen LogP contribution in [0.2, 0.25) is 0 Å². The van der Waals surface area contributed by atoms with Crippen LogP contribution in [0.4, 0.5) is 10.1 Å². The van der Waals surface area contributed by atoms with Crippen molar-refractivity contribution < 1.29 is 27.1 Å². The van der Waals surface area contributed by atoms with Crippen LogP contribution < -0.4 is 14.2 Å². The number of carbonyl (C=O) groups is 1. The molecule has 35 heavy (non-hydrogen) atoms. The highest BCUT2D eigenvalue weighted by Gasteiger charge is 2.20. The van der Waals surface area contributed by atoms with Gasteiger partial charge in [-0.15, -0.1) is 11.3 Å². The van der Waals surface area contributed by atoms with Gasteiger partial charge in [-0.25, -0.2) is 14.4 Å². The Hall–Kier alpha value is -3.77. The SMILES string of the molecule is COc1cccc(F)c1Oc1ccc(NS(=O)(=O)c2cn(C)cn2)cc1CC(=O)Cc1nccs1. The monoisotopic (exact) mass is 516 g/mol. The van der Waals surface area contributed by atoms with Crippen LogP contribution in [-0.4, -0.2) is 35.8 Å². The highest BCUT2D eigenvalue weighted by atomic mass is 32.2. The quantitative estimate of drug-likeness (QED) is 0.339. The van der Waals surface area contributed by atoms with Gasteiger partial charge in [0.15, 0.2) is 16.6 Å². The molecule has 2 heterocycles. The molecule has 0 amide bonds. The Labute approximate surface area is 205 Å². The van der Waals surface area contributed by atoms with Gasteiger partial charge in [-0.3, -0.25) is 9.52 Å². The molecule has 0 spiro atoms. The molecule has 4 aromatic rings. The molecule has 0 bridgehead atoms. The summed E-state index contributed by atoms with van der Waals surface area (Å²) < 4.78 is 54.9. The molecular formula is C23H21FN4O5S2. The van der Waals surface area contributed by atoms with E-state index >= 15 is 0 Å². The number of ketones is 1. The van der Waals surface area contributed by atoms with Gasteiger partial charge in [0.25, 0.3) is 10.0 Å². The Bertz CT molecular complexity index is 1450. The summed E-state index contributed by atoms with van der Waals surface area (Å²) in [4.78, 5) is 20.8. The highest BCUT2D eigenvalue weighted by Crippen LogP contribution is 2.36. The number of hydrogen-bond acceptors (Lipinski definition) is 8. The zero-order chi connectivity index (χ0) is 25.0. The van der Waals surface area contributed by atoms with Crippen LogP contribution >= 0.6 is 11.3 Å². The molecule has 182 valence electrons. The number of halogens is 1. The average Bonchev–Trinajstić information content (AvgIpc) is 3.48. The smallest absolute Gasteiger partial charge is 0.280 e. The third-order valence-electron chi connectivity index (χ3n) is 4.85. The Kier molecular flexibility index (Phi) is 7.12. The lowest BCUT2D eigenvalue weighted by atomic mass is 10.1. The van der Waals surface area contributed by atoms with Crippen LogP contribution in [0.25, 0.3) is 0 Å². The summed E-state index contributed by atoms with van der Waals surface area (Å²) in [5.41, 5.74) is 0.554. The molecule has 0 aliphatic rings. The number of Topliss-reactive ketones (excluding diaryl/α,β-unsaturated/α-hetero) is 1. The predicted molar refractivity (Wildman–Crippen MR) is 128 cm³/mol. The Balaban J connectivity index is 1.66. The third-order valence-corrected chi connectivity index (χ3v) is 6.90. The van der Waals surface area contributed by atoms with E-state index in [1.807, 2.05) is 0 Å². The molecule has 0 atom stereocenters. The van der Waals surface area contributed by atoms with Crippen molar-refractivity contribution in [3.8, 4) is 17.2 Å². The first kappa shape index (κ1) is 24.4. The maximum absolute atomic E-state index is 14.5. The first-order valence-corrected chi connectivity index (χ1v) is 12.7. The second-order valence-corrected chi connectivity index (χ2v) is 10.1. The van der Waals surface area contributed by atoms with Crippen LogP contribution in [0.5, 0.6) is 17.2 Å². The third kappa shape index (κ3) is 5.84. The molecule has 0 fully saturated rings. The van der Waals surface area contributed by atoms with Crippen molar-refractivity contribution in [2.45, 2.75) is 17.9 Å². The highest BCUT2D eigenvalue weighted by molar-refractivity contribution is 7.92. The molecule has 2 aromatic heterocycles. The van der Waals surface area contributed by atoms with E-state index in [2.05, 4.69) is 14.7 Å². The molecule has 0 aliphatic carbocycles. The number of aryl methyl sites for hydroxylation is 1. The van der Waals surface area contributed by atoms with Gasteiger partial charge in [-0.1, -0.05) is 6.07 Å². The molecule has 1 N–H and O–H groups in total. The number of methoxy groups -OCH3 is 1. The van der Waals surface area contributed by atoms with Gasteiger partial charge < -0.3 is 14.0 Å². The number of aromatic nitrogens is 3. The molecule has 0 unspecified atom stereocenters. The van der Waals surface area contributed by atoms with Gasteiger partial charge in [0.1, 0.15) is 11.5 Å². The number of para-hydroxylation sites is 1. The fourth-order valence-electron chi connectivity index (χ4n) is 3.26. The molecule has 2 aromatic carbocycles. The second kappa shape index (κ2) is 10.2. The number of ether oxygens (including phenoxy) is 2. The van der Waals surface area contributed by atoms with Gasteiger partial charge >= 0.3 is 0 Å². The van der Waals surface area contributed by atoms with E-state index in [0.29, 0.717) is 10.6 Å². The zero-order valence-corrected chi connectivity index (χ0v) is 20.4. The lowest BCUT2D eigenvalue weighted by Gasteiger charge is -2.15. The van der Waals surface area contributed by atoms with Crippen LogP contribution in [0, 0.1) is 5.82 Å². The van der Waals surface area contributed by atoms with Crippen LogP contribution in [-0.2, 0) is 34.7 Å². The van der Waals surface area contributed by atoms with Crippen molar-refractivity contribution >= 4 is 32.8 Å². The second-order valence-electron chi connectivity index (χ2n) is 7.50. The van der Waals surface area contributed by atoms with Gasteiger partial charge in [0.2, 0.25) is 5.75 Å². The summed E-state index contributed by atoms with van der Waals surface area (Å²) in [5.74, 6) is -0.614. The van der Waals surface area contributed by atoms with E-state index in [0.717, 1.165) is 0 Å². The molecule has 0 aliphatic heterocycles. The fourth-order valence-corrected chi connectivity index (χ4v) is 4.94. The van der Waals surface area contributed by atoms with E-state index < -0.39 is 15.8 Å². The van der Waals surface area contributed by atoms with Gasteiger partial charge in [-0.05, 0) is 30.3 Å². The number of nitrogens with zero attached hydrogens (tertiary/aromatic N) is 3. The molecular weight excluding hydrogens is 495 g/mol. The van der Waals surface area contributed by atoms with Crippen molar-refractivity contribution in [2.75, 3.05) is 11.8 Å². The molecule has 9 nitrogen and oxygen atoms in total. The van der Waals surface area contributed by atoms with Gasteiger partial charge in [0.05, 0.1) is 24.9 Å². The molecule has 12 heteroatoms. The maximum atomic E-state index is 14.5. The van der Waals surface area contributed by atoms with Crippen LogP contribution in [0.15, 0.2) is 65.5 Å². The van der Waals surface area contributed by atoms with E-state index in [-0.39, 0.29) is 46.6 Å². The lowest BCUT2D eigenvalue weighted by molar-refractivity contribution is -0.117. The Morgan fingerprint density at radius 2 is 2.00 bits per heavy atom. The summed E-state index contributed by atoms with van der Waals surface area (Å²) in [7, 11) is -0.925. The maximum Gasteiger partial charge on any atom is 0.280 e. The van der Waals surface area contributed by atoms with Gasteiger partial charge in [0, 0.05) is 42.5 Å². The zero-order valence-electron chi connectivity index (χ0n) is 18.8. The first-order valence-electron chi connectivity index (χ1n) is 10.3. The number of benzene rings is 2. The molecule has 0 saturated carbocycles. The fraction of sp³-hybridized carbons (Fsp3) is 0.174. The molecule has 4 rings (SSSR count). The number of hydrogen-bond donors (Lipinski definition) is 1. The summed E-state index contributed by atoms with van der Waals surface area (Å²) in [6.07, 6.45) is 4.35. The van der Waals surface area contributed by atoms with Crippen molar-refractivity contribution in [3.63, 3.8) is 0 Å². The Morgan fingerprint density at radius 3 is 2.69 bits per heavy atom. The van der Waals surface area contributed by atoms with Gasteiger partial charge in [-0.2, -0.15) is 8.42 Å². The molecule has 0 radical (unpaired) electrons. The van der Waals surface area contributed by atoms with Crippen LogP contribution in [0.1, 0.15) is 10.6 Å². The number of sulfonamides is 1. The van der Waals surface area contributed by atoms with Crippen molar-refractivity contribution in [1.29, 1.82) is 0 Å². The average molecular weight is 517 g/mol. The number of rotatable bonds is 10. The summed E-state index contributed by atoms with van der Waals surface area (Å²) in [5, 5.41) is 2.27. The van der Waals surface area contributed by atoms with E-state index in [4.69, 9.17) is 9.47 Å².